The van der Waals surface area contributed by atoms with E-state index in [-0.39, 0.29) is 12.1 Å². The molecule has 190 valence electrons. The maximum atomic E-state index is 13.5. The second-order valence-corrected chi connectivity index (χ2v) is 9.25. The summed E-state index contributed by atoms with van der Waals surface area (Å²) in [5, 5.41) is 14.4. The number of hydrogen-bond donors (Lipinski definition) is 2. The number of nitrogen functional groups attached to an aromatic ring is 1. The lowest BCUT2D eigenvalue weighted by Crippen LogP contribution is -2.46. The molecule has 2 saturated heterocycles. The van der Waals surface area contributed by atoms with Gasteiger partial charge < -0.3 is 20.6 Å². The lowest BCUT2D eigenvalue weighted by atomic mass is 10.2. The predicted octanol–water partition coefficient (Wildman–Crippen LogP) is 2.24. The van der Waals surface area contributed by atoms with Crippen LogP contribution in [0.1, 0.15) is 17.7 Å². The number of aliphatic hydroxyl groups excluding tert-OH is 1. The Balaban J connectivity index is 1.21. The first-order valence-electron chi connectivity index (χ1n) is 12.1. The van der Waals surface area contributed by atoms with Crippen LogP contribution in [0.3, 0.4) is 0 Å². The summed E-state index contributed by atoms with van der Waals surface area (Å²) in [5.41, 5.74) is 8.45. The molecule has 0 spiro atoms. The van der Waals surface area contributed by atoms with Gasteiger partial charge in [0.2, 0.25) is 5.95 Å². The number of hydrogen-bond acceptors (Lipinski definition) is 8. The molecule has 0 radical (unpaired) electrons. The standard InChI is InChI=1S/C25H30F2N8O/c1-17-18(3-2-5-32-7-9-33(10-8-32)21-12-19(26)11-20(27)13-21)15-29-35(17)24-14-23(30-25(28)31-24)34-6-4-22(36)16-34/h2-3,11-15,22,36H,4-10,16H2,1H3,(H2,28,30,31)/b3-2+/t22-/m0/s1. The number of benzene rings is 1. The number of rotatable bonds is 6. The zero-order chi connectivity index (χ0) is 25.2. The Hall–Kier alpha value is -3.57. The SMILES string of the molecule is Cc1c(/C=C/CN2CCN(c3cc(F)cc(F)c3)CC2)cnn1-c1cc(N2CC[C@H](O)C2)nc(N)n1. The summed E-state index contributed by atoms with van der Waals surface area (Å²) in [7, 11) is 0. The van der Waals surface area contributed by atoms with Crippen LogP contribution < -0.4 is 15.5 Å². The van der Waals surface area contributed by atoms with Gasteiger partial charge in [-0.1, -0.05) is 12.2 Å². The van der Waals surface area contributed by atoms with E-state index >= 15 is 0 Å². The predicted molar refractivity (Wildman–Crippen MR) is 135 cm³/mol. The van der Waals surface area contributed by atoms with Crippen molar-refractivity contribution in [2.24, 2.45) is 0 Å². The zero-order valence-corrected chi connectivity index (χ0v) is 20.2. The summed E-state index contributed by atoms with van der Waals surface area (Å²) < 4.78 is 28.8. The largest absolute Gasteiger partial charge is 0.391 e. The second-order valence-electron chi connectivity index (χ2n) is 9.25. The molecule has 2 aliphatic heterocycles. The molecule has 2 fully saturated rings. The lowest BCUT2D eigenvalue weighted by molar-refractivity contribution is 0.198. The number of aliphatic hydroxyl groups is 1. The lowest BCUT2D eigenvalue weighted by Gasteiger charge is -2.35. The minimum Gasteiger partial charge on any atom is -0.391 e. The third kappa shape index (κ3) is 5.31. The highest BCUT2D eigenvalue weighted by Crippen LogP contribution is 2.23. The number of β-amino-alcohol motifs (C(OH)–C–C–N with tert-alkyl or cyclic N) is 1. The van der Waals surface area contributed by atoms with Crippen LogP contribution in [0.4, 0.5) is 26.2 Å². The van der Waals surface area contributed by atoms with Crippen LogP contribution in [0, 0.1) is 18.6 Å². The molecule has 36 heavy (non-hydrogen) atoms. The molecule has 2 aliphatic rings. The summed E-state index contributed by atoms with van der Waals surface area (Å²) in [4.78, 5) is 15.0. The molecular formula is C25H30F2N8O. The molecule has 1 aromatic carbocycles. The fraction of sp³-hybridized carbons (Fsp3) is 0.400. The summed E-state index contributed by atoms with van der Waals surface area (Å²) in [6.45, 7) is 6.99. The van der Waals surface area contributed by atoms with Crippen LogP contribution in [0.15, 0.2) is 36.5 Å². The van der Waals surface area contributed by atoms with Crippen molar-refractivity contribution in [1.82, 2.24) is 24.6 Å². The quantitative estimate of drug-likeness (QED) is 0.536. The Labute approximate surface area is 208 Å². The van der Waals surface area contributed by atoms with Gasteiger partial charge in [-0.3, -0.25) is 4.90 Å². The minimum atomic E-state index is -0.554. The van der Waals surface area contributed by atoms with Gasteiger partial charge in [0.15, 0.2) is 5.82 Å². The molecule has 0 unspecified atom stereocenters. The van der Waals surface area contributed by atoms with Gasteiger partial charge in [0, 0.05) is 69.2 Å². The number of anilines is 3. The van der Waals surface area contributed by atoms with E-state index in [4.69, 9.17) is 5.73 Å². The number of nitrogens with zero attached hydrogens (tertiary/aromatic N) is 7. The maximum absolute atomic E-state index is 13.5. The van der Waals surface area contributed by atoms with Gasteiger partial charge in [-0.2, -0.15) is 15.1 Å². The van der Waals surface area contributed by atoms with Crippen molar-refractivity contribution in [3.05, 3.63) is 59.4 Å². The van der Waals surface area contributed by atoms with Gasteiger partial charge in [0.05, 0.1) is 18.0 Å². The Morgan fingerprint density at radius 3 is 2.42 bits per heavy atom. The van der Waals surface area contributed by atoms with Crippen LogP contribution in [0.2, 0.25) is 0 Å². The van der Waals surface area contributed by atoms with Gasteiger partial charge in [-0.05, 0) is 25.5 Å². The average Bonchev–Trinajstić information content (AvgIpc) is 3.44. The molecule has 3 N–H and O–H groups in total. The highest BCUT2D eigenvalue weighted by atomic mass is 19.1. The van der Waals surface area contributed by atoms with Gasteiger partial charge in [0.25, 0.3) is 0 Å². The van der Waals surface area contributed by atoms with Crippen molar-refractivity contribution in [1.29, 1.82) is 0 Å². The molecule has 5 rings (SSSR count). The third-order valence-corrected chi connectivity index (χ3v) is 6.71. The number of halogens is 2. The van der Waals surface area contributed by atoms with E-state index in [1.165, 1.54) is 12.1 Å². The molecule has 3 aromatic rings. The van der Waals surface area contributed by atoms with Gasteiger partial charge in [-0.25, -0.2) is 13.5 Å². The second kappa shape index (κ2) is 10.2. The summed E-state index contributed by atoms with van der Waals surface area (Å²) in [6.07, 6.45) is 6.26. The molecular weight excluding hydrogens is 466 g/mol. The normalized spacial score (nSPS) is 19.1. The Morgan fingerprint density at radius 2 is 1.72 bits per heavy atom. The number of nitrogens with two attached hydrogens (primary N) is 1. The van der Waals surface area contributed by atoms with Crippen LogP contribution in [-0.2, 0) is 0 Å². The van der Waals surface area contributed by atoms with Crippen molar-refractivity contribution < 1.29 is 13.9 Å². The van der Waals surface area contributed by atoms with Crippen molar-refractivity contribution >= 4 is 23.5 Å². The van der Waals surface area contributed by atoms with Crippen molar-refractivity contribution in [2.45, 2.75) is 19.4 Å². The van der Waals surface area contributed by atoms with Gasteiger partial charge in [0.1, 0.15) is 17.5 Å². The topological polar surface area (TPSA) is 99.6 Å². The summed E-state index contributed by atoms with van der Waals surface area (Å²) in [5.74, 6) is 0.321. The maximum Gasteiger partial charge on any atom is 0.224 e. The third-order valence-electron chi connectivity index (χ3n) is 6.71. The molecule has 1 atom stereocenters. The van der Waals surface area contributed by atoms with E-state index in [0.29, 0.717) is 43.4 Å². The first kappa shape index (κ1) is 24.1. The zero-order valence-electron chi connectivity index (χ0n) is 20.2. The molecule has 4 heterocycles. The fourth-order valence-electron chi connectivity index (χ4n) is 4.72. The van der Waals surface area contributed by atoms with Crippen LogP contribution >= 0.6 is 0 Å². The smallest absolute Gasteiger partial charge is 0.224 e. The van der Waals surface area contributed by atoms with E-state index in [9.17, 15) is 13.9 Å². The van der Waals surface area contributed by atoms with Crippen molar-refractivity contribution in [3.63, 3.8) is 0 Å². The Kier molecular flexibility index (Phi) is 6.84. The average molecular weight is 497 g/mol. The molecule has 11 heteroatoms. The minimum absolute atomic E-state index is 0.163. The van der Waals surface area contributed by atoms with E-state index in [1.54, 1.807) is 10.9 Å². The molecule has 0 aliphatic carbocycles. The van der Waals surface area contributed by atoms with Crippen LogP contribution in [0.25, 0.3) is 11.9 Å². The van der Waals surface area contributed by atoms with Crippen molar-refractivity contribution in [2.75, 3.05) is 61.3 Å². The van der Waals surface area contributed by atoms with E-state index in [1.807, 2.05) is 28.9 Å². The highest BCUT2D eigenvalue weighted by molar-refractivity contribution is 5.54. The molecule has 2 aromatic heterocycles. The van der Waals surface area contributed by atoms with Crippen LogP contribution in [-0.4, -0.2) is 81.7 Å². The van der Waals surface area contributed by atoms with Crippen molar-refractivity contribution in [3.8, 4) is 5.82 Å². The van der Waals surface area contributed by atoms with Gasteiger partial charge in [-0.15, -0.1) is 0 Å². The molecule has 0 bridgehead atoms. The molecule has 0 saturated carbocycles. The highest BCUT2D eigenvalue weighted by Gasteiger charge is 2.23. The van der Waals surface area contributed by atoms with E-state index in [0.717, 1.165) is 43.5 Å². The Morgan fingerprint density at radius 1 is 1.00 bits per heavy atom. The number of piperazine rings is 1. The van der Waals surface area contributed by atoms with E-state index < -0.39 is 11.6 Å². The molecule has 9 nitrogen and oxygen atoms in total. The number of aromatic nitrogens is 4. The Bertz CT molecular complexity index is 1230. The fourth-order valence-corrected chi connectivity index (χ4v) is 4.72. The van der Waals surface area contributed by atoms with E-state index in [2.05, 4.69) is 26.0 Å². The first-order chi connectivity index (χ1) is 17.4. The monoisotopic (exact) mass is 496 g/mol. The summed E-state index contributed by atoms with van der Waals surface area (Å²) >= 11 is 0. The van der Waals surface area contributed by atoms with Crippen LogP contribution in [0.5, 0.6) is 0 Å². The first-order valence-corrected chi connectivity index (χ1v) is 12.1. The molecule has 0 amide bonds. The van der Waals surface area contributed by atoms with Gasteiger partial charge >= 0.3 is 0 Å². The summed E-state index contributed by atoms with van der Waals surface area (Å²) in [6, 6.07) is 5.49.